The Balaban J connectivity index is 0.000000145. The number of ketones is 1. The number of hydrogen-bond donors (Lipinski definition) is 6. The van der Waals surface area contributed by atoms with E-state index in [1.165, 1.54) is 7.11 Å². The summed E-state index contributed by atoms with van der Waals surface area (Å²) in [5.41, 5.74) is 13.0. The number of carbonyl (C=O) groups excluding carboxylic acids is 2. The van der Waals surface area contributed by atoms with E-state index in [1.807, 2.05) is 134 Å². The van der Waals surface area contributed by atoms with Crippen molar-refractivity contribution in [1.29, 1.82) is 0 Å². The number of carbonyl (C=O) groups is 2. The Morgan fingerprint density at radius 3 is 1.40 bits per heavy atom. The highest BCUT2D eigenvalue weighted by Gasteiger charge is 2.41. The van der Waals surface area contributed by atoms with Crippen LogP contribution in [-0.2, 0) is 40.6 Å². The standard InChI is InChI=1S/C30H44N6O4.C25H32N8O2.C24H33N7O4/c1-18(17-39-6)33-29-31-15-27-25(13-26(36(27)34-29)21-7-9-24(37)10-8-21)23-14-32-35(16-23)30(4,5)28(38)22-11-19(2)40-20(3)12-22;1-16-9-26-11-20(29-16)14-32-13-19(10-28-32)22-8-23(18-4-6-21(34)7-5-18)33-24(22)12-27-25(31-33)30-17(2)15-35-3;1-15(14-34-2)27-23-25-10-22-20(8-21(31(22)28-23)16-4-6-19(32)7-5-16)17-9-26-30(11-17)18-12-29(13-18)24(33)35-3/h13-16,18-22,24,37H,7-12,17H2,1-6H3,(H,33,34);8-13,17-18,21,34H,4-7,14-15H2,1-3H3,(H,30,31);8-11,15-16,18-19,32H,4-7,12-14H2,1-3H3,(H,27,28)/t18-,19-,20-,21?,24?;17-,18?,21?;15-,16?,19?/m000/s1. The van der Waals surface area contributed by atoms with Crippen molar-refractivity contribution in [3.63, 3.8) is 0 Å². The van der Waals surface area contributed by atoms with Crippen LogP contribution < -0.4 is 16.0 Å². The summed E-state index contributed by atoms with van der Waals surface area (Å²) in [6, 6.07) is 6.94. The minimum absolute atomic E-state index is 0.0511. The highest BCUT2D eigenvalue weighted by atomic mass is 16.5. The first-order valence-electron chi connectivity index (χ1n) is 38.9. The average molecular weight is 1510 g/mol. The topological polar surface area (TPSA) is 350 Å². The molecule has 1 amide bonds. The van der Waals surface area contributed by atoms with E-state index < -0.39 is 5.54 Å². The van der Waals surface area contributed by atoms with Crippen molar-refractivity contribution in [1.82, 2.24) is 88.0 Å². The van der Waals surface area contributed by atoms with Crippen LogP contribution in [0.1, 0.15) is 191 Å². The quantitative estimate of drug-likeness (QED) is 0.0327. The molecule has 15 rings (SSSR count). The van der Waals surface area contributed by atoms with Gasteiger partial charge in [0, 0.05) is 151 Å². The molecule has 2 saturated heterocycles. The van der Waals surface area contributed by atoms with Gasteiger partial charge in [-0.3, -0.25) is 28.8 Å². The molecule has 6 N–H and O–H groups in total. The van der Waals surface area contributed by atoms with Gasteiger partial charge in [0.15, 0.2) is 5.78 Å². The van der Waals surface area contributed by atoms with E-state index in [9.17, 15) is 24.9 Å². The minimum Gasteiger partial charge on any atom is -0.453 e. The fraction of sp³-hybridized carbons (Fsp3) is 0.582. The molecule has 3 saturated carbocycles. The number of aryl methyl sites for hydroxylation is 1. The minimum atomic E-state index is -0.789. The number of nitrogens with one attached hydrogen (secondary N) is 3. The van der Waals surface area contributed by atoms with Crippen LogP contribution in [0, 0.1) is 12.8 Å². The van der Waals surface area contributed by atoms with Crippen molar-refractivity contribution in [3.05, 3.63) is 115 Å². The second-order valence-corrected chi connectivity index (χ2v) is 31.4. The Bertz CT molecular complexity index is 4710. The zero-order valence-electron chi connectivity index (χ0n) is 65.5. The number of anilines is 3. The third kappa shape index (κ3) is 18.1. The number of Topliss-reactive ketones (excluding diaryl/α,β-unsaturated/α-hetero) is 1. The highest BCUT2D eigenvalue weighted by Crippen LogP contribution is 2.42. The van der Waals surface area contributed by atoms with Gasteiger partial charge in [-0.15, -0.1) is 15.3 Å². The predicted octanol–water partition coefficient (Wildman–Crippen LogP) is 10.5. The van der Waals surface area contributed by atoms with E-state index >= 15 is 0 Å². The van der Waals surface area contributed by atoms with Gasteiger partial charge in [0.1, 0.15) is 5.54 Å². The molecule has 0 bridgehead atoms. The van der Waals surface area contributed by atoms with Gasteiger partial charge in [0.2, 0.25) is 17.8 Å². The van der Waals surface area contributed by atoms with Crippen molar-refractivity contribution < 1.29 is 48.6 Å². The number of methoxy groups -OCH3 is 4. The van der Waals surface area contributed by atoms with Gasteiger partial charge in [-0.2, -0.15) is 15.3 Å². The molecule has 0 spiro atoms. The first-order valence-corrected chi connectivity index (χ1v) is 38.9. The lowest BCUT2D eigenvalue weighted by atomic mass is 9.81. The number of fused-ring (bicyclic) bond motifs is 3. The SMILES string of the molecule is COC[C@H](C)Nc1ncc2c(-c3cnn(C(C)(C)C(=O)C4C[C@H](C)O[C@@H](C)C4)c3)cc(C3CCC(O)CC3)n2n1.COC[C@H](C)Nc1ncc2c(-c3cnn(C4CN(C(=O)OC)C4)c3)cc(C3CCC(O)CC3)n2n1.COC[C@H](C)Nc1ncc2c(-c3cnn(Cc4cncc(C)n4)c3)cc(C3CCC(O)CC3)n2n1. The maximum Gasteiger partial charge on any atom is 0.409 e. The Hall–Kier alpha value is -9.37. The summed E-state index contributed by atoms with van der Waals surface area (Å²) < 4.78 is 38.0. The third-order valence-electron chi connectivity index (χ3n) is 22.1. The van der Waals surface area contributed by atoms with Crippen LogP contribution in [0.2, 0.25) is 0 Å². The first kappa shape index (κ1) is 78.7. The lowest BCUT2D eigenvalue weighted by Gasteiger charge is -2.37. The highest BCUT2D eigenvalue weighted by molar-refractivity contribution is 5.89. The first-order chi connectivity index (χ1) is 53.0. The van der Waals surface area contributed by atoms with E-state index in [0.29, 0.717) is 69.1 Å². The second kappa shape index (κ2) is 34.9. The predicted molar refractivity (Wildman–Crippen MR) is 415 cm³/mol. The largest absolute Gasteiger partial charge is 0.453 e. The summed E-state index contributed by atoms with van der Waals surface area (Å²) in [7, 11) is 6.43. The number of hydrogen-bond acceptors (Lipinski definition) is 24. The van der Waals surface area contributed by atoms with Crippen LogP contribution in [0.4, 0.5) is 22.6 Å². The summed E-state index contributed by atoms with van der Waals surface area (Å²) in [5.74, 6) is 2.73. The summed E-state index contributed by atoms with van der Waals surface area (Å²) >= 11 is 0. The third-order valence-corrected chi connectivity index (χ3v) is 22.1. The van der Waals surface area contributed by atoms with Gasteiger partial charge < -0.3 is 59.9 Å². The van der Waals surface area contributed by atoms with E-state index in [2.05, 4.69) is 74.4 Å². The number of likely N-dealkylation sites (tertiary alicyclic amines) is 1. The van der Waals surface area contributed by atoms with Gasteiger partial charge in [0.05, 0.1) is 141 Å². The Labute approximate surface area is 641 Å². The van der Waals surface area contributed by atoms with Crippen LogP contribution in [0.15, 0.2) is 86.4 Å². The van der Waals surface area contributed by atoms with Crippen LogP contribution in [0.25, 0.3) is 49.9 Å². The molecule has 31 nitrogen and oxygen atoms in total. The molecule has 10 aromatic rings. The van der Waals surface area contributed by atoms with E-state index in [4.69, 9.17) is 39.0 Å². The van der Waals surface area contributed by atoms with Crippen LogP contribution in [0.3, 0.4) is 0 Å². The molecule has 3 aliphatic carbocycles. The summed E-state index contributed by atoms with van der Waals surface area (Å²) in [6.07, 6.45) is 31.6. The monoisotopic (exact) mass is 1510 g/mol. The fourth-order valence-corrected chi connectivity index (χ4v) is 16.4. The average Bonchev–Trinajstić information content (AvgIpc) is 1.61. The summed E-state index contributed by atoms with van der Waals surface area (Å²) in [6.45, 7) is 19.4. The zero-order valence-corrected chi connectivity index (χ0v) is 65.5. The number of aromatic nitrogens is 17. The molecule has 590 valence electrons. The lowest BCUT2D eigenvalue weighted by molar-refractivity contribution is -0.138. The van der Waals surface area contributed by atoms with Crippen LogP contribution >= 0.6 is 0 Å². The number of aliphatic hydroxyl groups excluding tert-OH is 3. The molecular weight excluding hydrogens is 1400 g/mol. The van der Waals surface area contributed by atoms with E-state index in [-0.39, 0.29) is 78.4 Å². The smallest absolute Gasteiger partial charge is 0.409 e. The van der Waals surface area contributed by atoms with Crippen molar-refractivity contribution in [3.8, 4) is 33.4 Å². The Morgan fingerprint density at radius 2 is 0.973 bits per heavy atom. The van der Waals surface area contributed by atoms with Gasteiger partial charge >= 0.3 is 6.09 Å². The maximum atomic E-state index is 13.7. The molecule has 5 atom stereocenters. The number of aliphatic hydroxyl groups is 3. The number of amides is 1. The molecule has 10 aromatic heterocycles. The molecule has 5 aliphatic rings. The molecule has 31 heteroatoms. The van der Waals surface area contributed by atoms with Crippen molar-refractivity contribution >= 4 is 46.3 Å². The van der Waals surface area contributed by atoms with Crippen molar-refractivity contribution in [2.45, 2.75) is 230 Å². The van der Waals surface area contributed by atoms with Crippen molar-refractivity contribution in [2.24, 2.45) is 5.92 Å². The number of nitrogens with zero attached hydrogens (tertiary/aromatic N) is 18. The van der Waals surface area contributed by atoms with E-state index in [0.717, 1.165) is 168 Å². The second-order valence-electron chi connectivity index (χ2n) is 31.4. The van der Waals surface area contributed by atoms with Gasteiger partial charge in [-0.1, -0.05) is 0 Å². The normalized spacial score (nSPS) is 22.7. The van der Waals surface area contributed by atoms with Gasteiger partial charge in [-0.25, -0.2) is 33.3 Å². The van der Waals surface area contributed by atoms with Crippen molar-refractivity contribution in [2.75, 3.05) is 77.3 Å². The number of ether oxygens (including phenoxy) is 5. The zero-order chi connectivity index (χ0) is 77.5. The molecular formula is C79H109N21O10. The molecule has 0 aromatic carbocycles. The van der Waals surface area contributed by atoms with Crippen LogP contribution in [-0.4, -0.2) is 225 Å². The molecule has 0 unspecified atom stereocenters. The maximum absolute atomic E-state index is 13.7. The van der Waals surface area contributed by atoms with Gasteiger partial charge in [0.25, 0.3) is 0 Å². The Kier molecular flexibility index (Phi) is 25.0. The summed E-state index contributed by atoms with van der Waals surface area (Å²) in [4.78, 5) is 49.6. The lowest BCUT2D eigenvalue weighted by Crippen LogP contribution is -2.50. The molecule has 12 heterocycles. The molecule has 5 fully saturated rings. The fourth-order valence-electron chi connectivity index (χ4n) is 16.4. The van der Waals surface area contributed by atoms with Crippen LogP contribution in [0.5, 0.6) is 0 Å². The Morgan fingerprint density at radius 1 is 0.555 bits per heavy atom. The molecule has 0 radical (unpaired) electrons. The van der Waals surface area contributed by atoms with Gasteiger partial charge in [-0.05, 0) is 163 Å². The number of rotatable bonds is 24. The molecule has 2 aliphatic heterocycles. The summed E-state index contributed by atoms with van der Waals surface area (Å²) in [5, 5.41) is 68.5. The molecule has 110 heavy (non-hydrogen) atoms. The van der Waals surface area contributed by atoms with E-state index in [1.54, 1.807) is 43.3 Å².